The van der Waals surface area contributed by atoms with Crippen molar-refractivity contribution in [1.29, 1.82) is 0 Å². The summed E-state index contributed by atoms with van der Waals surface area (Å²) >= 11 is 5.38. The molecule has 0 N–H and O–H groups in total. The van der Waals surface area contributed by atoms with Crippen molar-refractivity contribution in [3.8, 4) is 0 Å². The van der Waals surface area contributed by atoms with Crippen LogP contribution in [0, 0.1) is 0 Å². The molecule has 0 fully saturated rings. The first kappa shape index (κ1) is 8.42. The minimum absolute atomic E-state index is 0.261. The molecule has 60 valence electrons. The van der Waals surface area contributed by atoms with Gasteiger partial charge in [-0.3, -0.25) is 0 Å². The molecule has 0 aliphatic heterocycles. The number of rotatable bonds is 1. The van der Waals surface area contributed by atoms with Gasteiger partial charge in [0.2, 0.25) is 0 Å². The Morgan fingerprint density at radius 1 is 1.45 bits per heavy atom. The van der Waals surface area contributed by atoms with Gasteiger partial charge < -0.3 is 0 Å². The summed E-state index contributed by atoms with van der Waals surface area (Å²) in [6, 6.07) is 2.25. The highest BCUT2D eigenvalue weighted by molar-refractivity contribution is 7.86. The molecule has 3 nitrogen and oxygen atoms in total. The summed E-state index contributed by atoms with van der Waals surface area (Å²) in [5, 5.41) is -0.362. The third-order valence-corrected chi connectivity index (χ3v) is 1.91. The number of aromatic nitrogens is 1. The van der Waals surface area contributed by atoms with Crippen LogP contribution in [0.25, 0.3) is 0 Å². The van der Waals surface area contributed by atoms with Crippen LogP contribution in [0.2, 0.25) is 5.02 Å². The van der Waals surface area contributed by atoms with Crippen LogP contribution in [-0.4, -0.2) is 13.4 Å². The van der Waals surface area contributed by atoms with E-state index in [4.69, 9.17) is 11.6 Å². The maximum absolute atomic E-state index is 12.1. The Morgan fingerprint density at radius 3 is 2.45 bits per heavy atom. The molecule has 0 atom stereocenters. The standard InChI is InChI=1S/C5H3ClFNO2S/c6-4-1-2-5(8-3-4)11(7,9)10/h1-3H. The molecular formula is C5H3ClFNO2S. The van der Waals surface area contributed by atoms with Gasteiger partial charge in [-0.05, 0) is 12.1 Å². The lowest BCUT2D eigenvalue weighted by Gasteiger charge is -1.91. The van der Waals surface area contributed by atoms with E-state index in [-0.39, 0.29) is 5.02 Å². The fourth-order valence-corrected chi connectivity index (χ4v) is 1.03. The maximum Gasteiger partial charge on any atom is 0.349 e. The molecule has 0 spiro atoms. The van der Waals surface area contributed by atoms with Crippen molar-refractivity contribution in [1.82, 2.24) is 4.98 Å². The third kappa shape index (κ3) is 2.13. The van der Waals surface area contributed by atoms with Crippen molar-refractivity contribution in [3.63, 3.8) is 0 Å². The molecule has 0 amide bonds. The van der Waals surface area contributed by atoms with E-state index < -0.39 is 15.2 Å². The fourth-order valence-electron chi connectivity index (χ4n) is 0.506. The third-order valence-electron chi connectivity index (χ3n) is 0.950. The van der Waals surface area contributed by atoms with Gasteiger partial charge in [0.1, 0.15) is 0 Å². The molecule has 6 heteroatoms. The van der Waals surface area contributed by atoms with Gasteiger partial charge >= 0.3 is 10.2 Å². The van der Waals surface area contributed by atoms with E-state index in [9.17, 15) is 12.3 Å². The zero-order valence-electron chi connectivity index (χ0n) is 5.16. The second-order valence-electron chi connectivity index (χ2n) is 1.75. The van der Waals surface area contributed by atoms with Crippen molar-refractivity contribution in [3.05, 3.63) is 23.4 Å². The Hall–Kier alpha value is -0.680. The van der Waals surface area contributed by atoms with Crippen LogP contribution >= 0.6 is 11.6 Å². The van der Waals surface area contributed by atoms with Gasteiger partial charge in [-0.15, -0.1) is 0 Å². The summed E-state index contributed by atoms with van der Waals surface area (Å²) in [4.78, 5) is 3.25. The molecule has 0 unspecified atom stereocenters. The normalized spacial score (nSPS) is 11.5. The Morgan fingerprint density at radius 2 is 2.09 bits per heavy atom. The smallest absolute Gasteiger partial charge is 0.241 e. The van der Waals surface area contributed by atoms with Crippen LogP contribution in [0.1, 0.15) is 0 Å². The molecular weight excluding hydrogens is 193 g/mol. The molecule has 1 aromatic rings. The second-order valence-corrected chi connectivity index (χ2v) is 3.48. The lowest BCUT2D eigenvalue weighted by atomic mass is 10.5. The van der Waals surface area contributed by atoms with Crippen molar-refractivity contribution in [2.75, 3.05) is 0 Å². The van der Waals surface area contributed by atoms with Crippen LogP contribution in [0.5, 0.6) is 0 Å². The van der Waals surface area contributed by atoms with Crippen LogP contribution in [0.4, 0.5) is 3.89 Å². The summed E-state index contributed by atoms with van der Waals surface area (Å²) in [6.07, 6.45) is 1.06. The average Bonchev–Trinajstić information content (AvgIpc) is 1.86. The topological polar surface area (TPSA) is 47.0 Å². The Kier molecular flexibility index (Phi) is 2.10. The van der Waals surface area contributed by atoms with E-state index in [2.05, 4.69) is 4.98 Å². The molecule has 0 saturated heterocycles. The first-order valence-electron chi connectivity index (χ1n) is 2.56. The van der Waals surface area contributed by atoms with E-state index in [1.807, 2.05) is 0 Å². The van der Waals surface area contributed by atoms with Gasteiger partial charge in [-0.2, -0.15) is 8.42 Å². The van der Waals surface area contributed by atoms with E-state index >= 15 is 0 Å². The first-order chi connectivity index (χ1) is 5.00. The van der Waals surface area contributed by atoms with Crippen LogP contribution in [0.15, 0.2) is 23.4 Å². The summed E-state index contributed by atoms with van der Waals surface area (Å²) in [5.41, 5.74) is 0. The monoisotopic (exact) mass is 195 g/mol. The van der Waals surface area contributed by atoms with Crippen LogP contribution in [-0.2, 0) is 10.2 Å². The van der Waals surface area contributed by atoms with E-state index in [0.717, 1.165) is 12.3 Å². The molecule has 1 aromatic heterocycles. The first-order valence-corrected chi connectivity index (χ1v) is 4.32. The summed E-state index contributed by atoms with van der Waals surface area (Å²) in [7, 11) is -4.69. The van der Waals surface area contributed by atoms with Crippen molar-refractivity contribution < 1.29 is 12.3 Å². The molecule has 1 rings (SSSR count). The number of hydrogen-bond acceptors (Lipinski definition) is 3. The predicted molar refractivity (Wildman–Crippen MR) is 37.5 cm³/mol. The van der Waals surface area contributed by atoms with Gasteiger partial charge in [0.05, 0.1) is 5.02 Å². The van der Waals surface area contributed by atoms with Gasteiger partial charge in [0.25, 0.3) is 0 Å². The van der Waals surface area contributed by atoms with E-state index in [1.54, 1.807) is 0 Å². The summed E-state index contributed by atoms with van der Waals surface area (Å²) in [6.45, 7) is 0. The molecule has 0 bridgehead atoms. The Labute approximate surface area is 68.0 Å². The van der Waals surface area contributed by atoms with Crippen molar-refractivity contribution in [2.24, 2.45) is 0 Å². The molecule has 0 aliphatic carbocycles. The van der Waals surface area contributed by atoms with Crippen LogP contribution in [0.3, 0.4) is 0 Å². The highest BCUT2D eigenvalue weighted by atomic mass is 35.5. The highest BCUT2D eigenvalue weighted by Gasteiger charge is 2.12. The molecule has 11 heavy (non-hydrogen) atoms. The molecule has 0 saturated carbocycles. The van der Waals surface area contributed by atoms with Gasteiger partial charge in [-0.1, -0.05) is 15.5 Å². The van der Waals surface area contributed by atoms with E-state index in [0.29, 0.717) is 0 Å². The summed E-state index contributed by atoms with van der Waals surface area (Å²) in [5.74, 6) is 0. The Balaban J connectivity index is 3.20. The Bertz CT molecular complexity index is 347. The molecule has 0 radical (unpaired) electrons. The van der Waals surface area contributed by atoms with E-state index in [1.165, 1.54) is 6.07 Å². The molecule has 0 aromatic carbocycles. The number of pyridine rings is 1. The average molecular weight is 196 g/mol. The SMILES string of the molecule is O=S(=O)(F)c1ccc(Cl)cn1. The summed E-state index contributed by atoms with van der Waals surface area (Å²) < 4.78 is 32.5. The van der Waals surface area contributed by atoms with Crippen LogP contribution < -0.4 is 0 Å². The van der Waals surface area contributed by atoms with Gasteiger partial charge in [0, 0.05) is 6.20 Å². The maximum atomic E-state index is 12.1. The number of halogens is 2. The number of nitrogens with zero attached hydrogens (tertiary/aromatic N) is 1. The van der Waals surface area contributed by atoms with Crippen molar-refractivity contribution >= 4 is 21.8 Å². The number of hydrogen-bond donors (Lipinski definition) is 0. The van der Waals surface area contributed by atoms with Crippen molar-refractivity contribution in [2.45, 2.75) is 5.03 Å². The predicted octanol–water partition coefficient (Wildman–Crippen LogP) is 1.39. The quantitative estimate of drug-likeness (QED) is 0.637. The molecule has 1 heterocycles. The largest absolute Gasteiger partial charge is 0.349 e. The van der Waals surface area contributed by atoms with Gasteiger partial charge in [0.15, 0.2) is 5.03 Å². The second kappa shape index (κ2) is 2.75. The zero-order valence-corrected chi connectivity index (χ0v) is 6.73. The lowest BCUT2D eigenvalue weighted by Crippen LogP contribution is -1.94. The molecule has 0 aliphatic rings. The minimum atomic E-state index is -4.69. The lowest BCUT2D eigenvalue weighted by molar-refractivity contribution is 0.548. The fraction of sp³-hybridized carbons (Fsp3) is 0. The minimum Gasteiger partial charge on any atom is -0.241 e. The zero-order chi connectivity index (χ0) is 8.48. The highest BCUT2D eigenvalue weighted by Crippen LogP contribution is 2.11. The van der Waals surface area contributed by atoms with Gasteiger partial charge in [-0.25, -0.2) is 4.98 Å².